The Morgan fingerprint density at radius 3 is 2.30 bits per heavy atom. The van der Waals surface area contributed by atoms with Gasteiger partial charge in [-0.1, -0.05) is 25.1 Å². The van der Waals surface area contributed by atoms with E-state index in [4.69, 9.17) is 0 Å². The Morgan fingerprint density at radius 1 is 1.05 bits per heavy atom. The van der Waals surface area contributed by atoms with Gasteiger partial charge in [0.05, 0.1) is 29.2 Å². The summed E-state index contributed by atoms with van der Waals surface area (Å²) in [5, 5.41) is 12.7. The molecule has 2 N–H and O–H groups in total. The number of hydrogen-bond acceptors (Lipinski definition) is 5. The summed E-state index contributed by atoms with van der Waals surface area (Å²) in [4.78, 5) is 15.4. The van der Waals surface area contributed by atoms with Crippen LogP contribution in [0.25, 0.3) is 0 Å². The van der Waals surface area contributed by atoms with Crippen molar-refractivity contribution in [2.45, 2.75) is 62.8 Å². The third-order valence-electron chi connectivity index (χ3n) is 7.59. The normalized spacial score (nSPS) is 21.4. The maximum absolute atomic E-state index is 12.9. The summed E-state index contributed by atoms with van der Waals surface area (Å²) >= 11 is 0. The number of aliphatic hydroxyl groups is 1. The molecule has 1 fully saturated rings. The molecule has 1 heterocycles. The Kier molecular flexibility index (Phi) is 8.30. The number of hydrogen-bond donors (Lipinski definition) is 2. The van der Waals surface area contributed by atoms with Gasteiger partial charge in [0.2, 0.25) is 0 Å². The molecule has 1 atom stereocenters. The quantitative estimate of drug-likeness (QED) is 0.512. The Balaban J connectivity index is 1.35. The molecule has 37 heavy (non-hydrogen) atoms. The van der Waals surface area contributed by atoms with Crippen LogP contribution in [-0.4, -0.2) is 49.4 Å². The lowest BCUT2D eigenvalue weighted by atomic mass is 9.81. The van der Waals surface area contributed by atoms with Gasteiger partial charge in [-0.2, -0.15) is 13.2 Å². The van der Waals surface area contributed by atoms with E-state index in [9.17, 15) is 31.5 Å². The summed E-state index contributed by atoms with van der Waals surface area (Å²) in [5.74, 6) is -1.29. The number of rotatable bonds is 8. The molecule has 0 aromatic heterocycles. The fourth-order valence-corrected chi connectivity index (χ4v) is 6.21. The smallest absolute Gasteiger partial charge is 0.391 e. The van der Waals surface area contributed by atoms with Gasteiger partial charge in [0.1, 0.15) is 0 Å². The monoisotopic (exact) mass is 538 g/mol. The minimum absolute atomic E-state index is 0.0125. The van der Waals surface area contributed by atoms with E-state index >= 15 is 0 Å². The van der Waals surface area contributed by atoms with Crippen molar-refractivity contribution in [3.8, 4) is 0 Å². The zero-order valence-corrected chi connectivity index (χ0v) is 21.6. The van der Waals surface area contributed by atoms with Crippen LogP contribution in [0.3, 0.4) is 0 Å². The van der Waals surface area contributed by atoms with Gasteiger partial charge in [0, 0.05) is 25.2 Å². The van der Waals surface area contributed by atoms with Crippen molar-refractivity contribution in [3.63, 3.8) is 0 Å². The molecule has 1 aliphatic heterocycles. The highest BCUT2D eigenvalue weighted by Crippen LogP contribution is 2.40. The van der Waals surface area contributed by atoms with Crippen LogP contribution in [0.15, 0.2) is 47.4 Å². The van der Waals surface area contributed by atoms with Gasteiger partial charge in [-0.25, -0.2) is 8.42 Å². The lowest BCUT2D eigenvalue weighted by molar-refractivity contribution is -0.184. The predicted octanol–water partition coefficient (Wildman–Crippen LogP) is 4.63. The van der Waals surface area contributed by atoms with Gasteiger partial charge in [-0.05, 0) is 72.6 Å². The van der Waals surface area contributed by atoms with Gasteiger partial charge in [0.25, 0.3) is 5.91 Å². The largest absolute Gasteiger partial charge is 0.394 e. The summed E-state index contributed by atoms with van der Waals surface area (Å²) < 4.78 is 62.9. The molecule has 0 bridgehead atoms. The molecule has 0 saturated heterocycles. The van der Waals surface area contributed by atoms with Crippen molar-refractivity contribution >= 4 is 15.7 Å². The van der Waals surface area contributed by atoms with E-state index < -0.39 is 28.0 Å². The highest BCUT2D eigenvalue weighted by Gasteiger charge is 2.41. The van der Waals surface area contributed by atoms with Crippen molar-refractivity contribution in [2.24, 2.45) is 11.8 Å². The number of fused-ring (bicyclic) bond motifs is 1. The molecular formula is C27H33F3N2O4S. The van der Waals surface area contributed by atoms with Gasteiger partial charge in [-0.3, -0.25) is 9.69 Å². The van der Waals surface area contributed by atoms with Crippen LogP contribution >= 0.6 is 0 Å². The number of benzene rings is 2. The molecule has 1 aliphatic carbocycles. The number of nitrogens with one attached hydrogen (secondary N) is 1. The maximum Gasteiger partial charge on any atom is 0.391 e. The summed E-state index contributed by atoms with van der Waals surface area (Å²) in [7, 11) is -3.34. The summed E-state index contributed by atoms with van der Waals surface area (Å²) in [6.45, 7) is 3.33. The number of alkyl halides is 3. The Bertz CT molecular complexity index is 1210. The highest BCUT2D eigenvalue weighted by atomic mass is 32.2. The molecule has 202 valence electrons. The van der Waals surface area contributed by atoms with Crippen molar-refractivity contribution < 1.29 is 31.5 Å². The van der Waals surface area contributed by atoms with Gasteiger partial charge in [0.15, 0.2) is 9.84 Å². The number of amides is 1. The fourth-order valence-electron chi connectivity index (χ4n) is 5.32. The van der Waals surface area contributed by atoms with E-state index in [-0.39, 0.29) is 41.9 Å². The van der Waals surface area contributed by atoms with Crippen LogP contribution in [0, 0.1) is 11.8 Å². The lowest BCUT2D eigenvalue weighted by Crippen LogP contribution is -2.32. The molecule has 2 aromatic carbocycles. The van der Waals surface area contributed by atoms with Gasteiger partial charge >= 0.3 is 6.18 Å². The molecule has 0 radical (unpaired) electrons. The van der Waals surface area contributed by atoms with Crippen molar-refractivity contribution in [3.05, 3.63) is 64.7 Å². The standard InChI is InChI=1S/C27H33F3N2O4S/c1-2-37(35,36)24-11-7-19(8-12-24)25(17-33)31-26(34)20-5-6-21-15-32(16-22(21)13-20)14-18-3-9-23(10-4-18)27(28,29)30/h5-8,11-13,18,23,25,33H,2-4,9-10,14-17H2,1H3,(H,31,34)/t18?,23?,25-/m0/s1. The number of aliphatic hydroxyl groups excluding tert-OH is 1. The van der Waals surface area contributed by atoms with Crippen molar-refractivity contribution in [2.75, 3.05) is 18.9 Å². The van der Waals surface area contributed by atoms with Crippen LogP contribution in [0.1, 0.15) is 65.7 Å². The molecule has 0 unspecified atom stereocenters. The van der Waals surface area contributed by atoms with E-state index in [1.165, 1.54) is 12.1 Å². The first-order valence-corrected chi connectivity index (χ1v) is 14.3. The Hall–Kier alpha value is -2.43. The molecule has 6 nitrogen and oxygen atoms in total. The number of carbonyl (C=O) groups is 1. The van der Waals surface area contributed by atoms with E-state index in [0.717, 1.165) is 17.7 Å². The fraction of sp³-hybridized carbons (Fsp3) is 0.519. The van der Waals surface area contributed by atoms with Crippen molar-refractivity contribution in [1.29, 1.82) is 0 Å². The number of halogens is 3. The molecule has 10 heteroatoms. The number of nitrogens with zero attached hydrogens (tertiary/aromatic N) is 1. The molecule has 1 amide bonds. The van der Waals surface area contributed by atoms with E-state index in [2.05, 4.69) is 10.2 Å². The van der Waals surface area contributed by atoms with Gasteiger partial charge < -0.3 is 10.4 Å². The second-order valence-electron chi connectivity index (χ2n) is 10.1. The second kappa shape index (κ2) is 11.1. The summed E-state index contributed by atoms with van der Waals surface area (Å²) in [6, 6.07) is 10.9. The SMILES string of the molecule is CCS(=O)(=O)c1ccc([C@H](CO)NC(=O)c2ccc3c(c2)CN(CC2CCC(C(F)(F)F)CC2)C3)cc1. The molecule has 1 saturated carbocycles. The second-order valence-corrected chi connectivity index (χ2v) is 12.4. The lowest BCUT2D eigenvalue weighted by Gasteiger charge is -2.32. The first-order chi connectivity index (χ1) is 17.5. The molecular weight excluding hydrogens is 505 g/mol. The van der Waals surface area contributed by atoms with E-state index in [1.807, 2.05) is 12.1 Å². The Labute approximate surface area is 215 Å². The molecule has 4 rings (SSSR count). The molecule has 2 aromatic rings. The molecule has 2 aliphatic rings. The first-order valence-electron chi connectivity index (χ1n) is 12.7. The average molecular weight is 539 g/mol. The zero-order chi connectivity index (χ0) is 26.8. The van der Waals surface area contributed by atoms with Crippen molar-refractivity contribution in [1.82, 2.24) is 10.2 Å². The first kappa shape index (κ1) is 27.6. The average Bonchev–Trinajstić information content (AvgIpc) is 3.28. The van der Waals surface area contributed by atoms with Gasteiger partial charge in [-0.15, -0.1) is 0 Å². The van der Waals surface area contributed by atoms with Crippen LogP contribution in [-0.2, 0) is 22.9 Å². The van der Waals surface area contributed by atoms with Crippen LogP contribution in [0.2, 0.25) is 0 Å². The minimum Gasteiger partial charge on any atom is -0.394 e. The maximum atomic E-state index is 12.9. The van der Waals surface area contributed by atoms with Crippen LogP contribution in [0.4, 0.5) is 13.2 Å². The van der Waals surface area contributed by atoms with E-state index in [1.54, 1.807) is 25.1 Å². The predicted molar refractivity (Wildman–Crippen MR) is 134 cm³/mol. The summed E-state index contributed by atoms with van der Waals surface area (Å²) in [5.41, 5.74) is 3.17. The third-order valence-corrected chi connectivity index (χ3v) is 9.34. The summed E-state index contributed by atoms with van der Waals surface area (Å²) in [6.07, 6.45) is -2.54. The number of sulfone groups is 1. The Morgan fingerprint density at radius 2 is 1.70 bits per heavy atom. The van der Waals surface area contributed by atoms with E-state index in [0.29, 0.717) is 37.1 Å². The molecule has 0 spiro atoms. The third kappa shape index (κ3) is 6.53. The van der Waals surface area contributed by atoms with Crippen LogP contribution < -0.4 is 5.32 Å². The van der Waals surface area contributed by atoms with Crippen LogP contribution in [0.5, 0.6) is 0 Å². The zero-order valence-electron chi connectivity index (χ0n) is 20.8. The topological polar surface area (TPSA) is 86.7 Å². The minimum atomic E-state index is -4.10. The highest BCUT2D eigenvalue weighted by molar-refractivity contribution is 7.91. The number of carbonyl (C=O) groups excluding carboxylic acids is 1.